The van der Waals surface area contributed by atoms with E-state index in [1.807, 2.05) is 6.92 Å². The number of imide groups is 1. The summed E-state index contributed by atoms with van der Waals surface area (Å²) >= 11 is 0. The van der Waals surface area contributed by atoms with Gasteiger partial charge in [0, 0.05) is 13.6 Å². The summed E-state index contributed by atoms with van der Waals surface area (Å²) < 4.78 is 26.9. The van der Waals surface area contributed by atoms with Gasteiger partial charge in [0.15, 0.2) is 0 Å². The lowest BCUT2D eigenvalue weighted by Gasteiger charge is -2.34. The highest BCUT2D eigenvalue weighted by atomic mass is 32.2. The van der Waals surface area contributed by atoms with Crippen LogP contribution in [0.2, 0.25) is 0 Å². The topological polar surface area (TPSA) is 86.8 Å². The third-order valence-corrected chi connectivity index (χ3v) is 5.06. The number of piperazine rings is 1. The van der Waals surface area contributed by atoms with E-state index in [0.29, 0.717) is 13.0 Å². The van der Waals surface area contributed by atoms with Gasteiger partial charge in [-0.15, -0.1) is 0 Å². The Hall–Kier alpha value is -0.990. The molecule has 19 heavy (non-hydrogen) atoms. The van der Waals surface area contributed by atoms with Crippen molar-refractivity contribution in [1.82, 2.24) is 13.9 Å². The van der Waals surface area contributed by atoms with Gasteiger partial charge in [-0.1, -0.05) is 20.3 Å². The van der Waals surface area contributed by atoms with Gasteiger partial charge in [-0.25, -0.2) is 0 Å². The molecule has 8 heteroatoms. The average molecular weight is 291 g/mol. The third kappa shape index (κ3) is 3.52. The molecule has 0 aromatic rings. The maximum absolute atomic E-state index is 12.4. The van der Waals surface area contributed by atoms with E-state index >= 15 is 0 Å². The van der Waals surface area contributed by atoms with Gasteiger partial charge in [0.1, 0.15) is 6.04 Å². The third-order valence-electron chi connectivity index (χ3n) is 3.12. The monoisotopic (exact) mass is 291 g/mol. The normalized spacial score (nSPS) is 21.8. The number of nitrogens with zero attached hydrogens (tertiary/aromatic N) is 2. The first-order chi connectivity index (χ1) is 8.84. The second-order valence-electron chi connectivity index (χ2n) is 4.56. The lowest BCUT2D eigenvalue weighted by atomic mass is 10.2. The molecule has 2 amide bonds. The molecule has 1 fully saturated rings. The van der Waals surface area contributed by atoms with Crippen LogP contribution < -0.4 is 5.32 Å². The number of rotatable bonds is 6. The van der Waals surface area contributed by atoms with Gasteiger partial charge in [0.25, 0.3) is 10.2 Å². The SMILES string of the molecule is CCCCN(C)S(=O)(=O)N1CC(=O)NC(=O)C1CC. The van der Waals surface area contributed by atoms with E-state index in [-0.39, 0.29) is 6.54 Å². The number of nitrogens with one attached hydrogen (secondary N) is 1. The Kier molecular flexibility index (Phi) is 5.45. The molecule has 1 saturated heterocycles. The fourth-order valence-electron chi connectivity index (χ4n) is 1.95. The van der Waals surface area contributed by atoms with E-state index in [9.17, 15) is 18.0 Å². The first-order valence-electron chi connectivity index (χ1n) is 6.41. The van der Waals surface area contributed by atoms with Crippen molar-refractivity contribution in [3.8, 4) is 0 Å². The molecule has 0 aromatic carbocycles. The van der Waals surface area contributed by atoms with Crippen LogP contribution in [0.1, 0.15) is 33.1 Å². The molecule has 1 heterocycles. The largest absolute Gasteiger partial charge is 0.294 e. The zero-order valence-corrected chi connectivity index (χ0v) is 12.4. The fourth-order valence-corrected chi connectivity index (χ4v) is 3.51. The van der Waals surface area contributed by atoms with Crippen molar-refractivity contribution in [3.63, 3.8) is 0 Å². The van der Waals surface area contributed by atoms with Gasteiger partial charge >= 0.3 is 0 Å². The molecule has 1 aliphatic heterocycles. The molecule has 110 valence electrons. The van der Waals surface area contributed by atoms with Gasteiger partial charge in [-0.2, -0.15) is 17.0 Å². The van der Waals surface area contributed by atoms with Crippen LogP contribution in [0.5, 0.6) is 0 Å². The van der Waals surface area contributed by atoms with Crippen LogP contribution >= 0.6 is 0 Å². The molecule has 1 N–H and O–H groups in total. The zero-order chi connectivity index (χ0) is 14.6. The van der Waals surface area contributed by atoms with E-state index < -0.39 is 28.1 Å². The van der Waals surface area contributed by atoms with Gasteiger partial charge in [0.05, 0.1) is 6.54 Å². The molecule has 0 spiro atoms. The maximum atomic E-state index is 12.4. The van der Waals surface area contributed by atoms with Crippen LogP contribution in [0.4, 0.5) is 0 Å². The second-order valence-corrected chi connectivity index (χ2v) is 6.55. The molecule has 1 atom stereocenters. The minimum Gasteiger partial charge on any atom is -0.294 e. The summed E-state index contributed by atoms with van der Waals surface area (Å²) in [5.41, 5.74) is 0. The number of hydrogen-bond donors (Lipinski definition) is 1. The van der Waals surface area contributed by atoms with E-state index in [4.69, 9.17) is 0 Å². The summed E-state index contributed by atoms with van der Waals surface area (Å²) in [6.07, 6.45) is 1.94. The quantitative estimate of drug-likeness (QED) is 0.681. The smallest absolute Gasteiger partial charge is 0.282 e. The predicted molar refractivity (Wildman–Crippen MR) is 70.4 cm³/mol. The molecular weight excluding hydrogens is 270 g/mol. The standard InChI is InChI=1S/C11H21N3O4S/c1-4-6-7-13(3)19(17,18)14-8-10(15)12-11(16)9(14)5-2/h9H,4-8H2,1-3H3,(H,12,15,16). The first-order valence-corrected chi connectivity index (χ1v) is 7.81. The molecule has 0 saturated carbocycles. The van der Waals surface area contributed by atoms with Crippen LogP contribution in [0.3, 0.4) is 0 Å². The molecule has 0 bridgehead atoms. The highest BCUT2D eigenvalue weighted by Gasteiger charge is 2.41. The number of unbranched alkanes of at least 4 members (excludes halogenated alkanes) is 1. The van der Waals surface area contributed by atoms with E-state index in [1.165, 1.54) is 11.4 Å². The molecule has 1 rings (SSSR count). The van der Waals surface area contributed by atoms with Crippen LogP contribution in [0, 0.1) is 0 Å². The Labute approximate surface area is 114 Å². The van der Waals surface area contributed by atoms with Crippen molar-refractivity contribution in [2.24, 2.45) is 0 Å². The van der Waals surface area contributed by atoms with Crippen molar-refractivity contribution in [3.05, 3.63) is 0 Å². The molecule has 0 aromatic heterocycles. The van der Waals surface area contributed by atoms with Crippen LogP contribution in [0.15, 0.2) is 0 Å². The van der Waals surface area contributed by atoms with Crippen molar-refractivity contribution < 1.29 is 18.0 Å². The summed E-state index contributed by atoms with van der Waals surface area (Å²) in [5, 5.41) is 2.16. The lowest BCUT2D eigenvalue weighted by Crippen LogP contribution is -2.61. The number of carbonyl (C=O) groups excluding carboxylic acids is 2. The molecule has 1 unspecified atom stereocenters. The molecule has 0 aliphatic carbocycles. The minimum atomic E-state index is -3.78. The lowest BCUT2D eigenvalue weighted by molar-refractivity contribution is -0.137. The predicted octanol–water partition coefficient (Wildman–Crippen LogP) is -0.300. The molecule has 1 aliphatic rings. The number of amides is 2. The van der Waals surface area contributed by atoms with Crippen LogP contribution in [-0.2, 0) is 19.8 Å². The van der Waals surface area contributed by atoms with Crippen molar-refractivity contribution in [1.29, 1.82) is 0 Å². The van der Waals surface area contributed by atoms with Crippen molar-refractivity contribution in [2.75, 3.05) is 20.1 Å². The Morgan fingerprint density at radius 1 is 1.37 bits per heavy atom. The van der Waals surface area contributed by atoms with Crippen LogP contribution in [-0.4, -0.2) is 55.0 Å². The highest BCUT2D eigenvalue weighted by molar-refractivity contribution is 7.86. The van der Waals surface area contributed by atoms with Gasteiger partial charge in [-0.3, -0.25) is 14.9 Å². The van der Waals surface area contributed by atoms with E-state index in [2.05, 4.69) is 5.32 Å². The Balaban J connectivity index is 2.96. The second kappa shape index (κ2) is 6.44. The summed E-state index contributed by atoms with van der Waals surface area (Å²) in [7, 11) is -2.31. The van der Waals surface area contributed by atoms with E-state index in [1.54, 1.807) is 6.92 Å². The Morgan fingerprint density at radius 3 is 2.53 bits per heavy atom. The summed E-state index contributed by atoms with van der Waals surface area (Å²) in [4.78, 5) is 23.0. The summed E-state index contributed by atoms with van der Waals surface area (Å²) in [6, 6.07) is -0.813. The molecule has 7 nitrogen and oxygen atoms in total. The fraction of sp³-hybridized carbons (Fsp3) is 0.818. The van der Waals surface area contributed by atoms with Crippen molar-refractivity contribution in [2.45, 2.75) is 39.2 Å². The molecule has 0 radical (unpaired) electrons. The maximum Gasteiger partial charge on any atom is 0.282 e. The minimum absolute atomic E-state index is 0.303. The highest BCUT2D eigenvalue weighted by Crippen LogP contribution is 2.17. The average Bonchev–Trinajstić information content (AvgIpc) is 2.34. The van der Waals surface area contributed by atoms with Crippen molar-refractivity contribution >= 4 is 22.0 Å². The molecular formula is C11H21N3O4S. The first kappa shape index (κ1) is 16.1. The van der Waals surface area contributed by atoms with E-state index in [0.717, 1.165) is 17.1 Å². The van der Waals surface area contributed by atoms with Gasteiger partial charge in [0.2, 0.25) is 11.8 Å². The van der Waals surface area contributed by atoms with Gasteiger partial charge in [-0.05, 0) is 12.8 Å². The van der Waals surface area contributed by atoms with Crippen LogP contribution in [0.25, 0.3) is 0 Å². The Morgan fingerprint density at radius 2 is 2.00 bits per heavy atom. The van der Waals surface area contributed by atoms with Gasteiger partial charge < -0.3 is 0 Å². The number of hydrogen-bond acceptors (Lipinski definition) is 4. The zero-order valence-electron chi connectivity index (χ0n) is 11.5. The summed E-state index contributed by atoms with van der Waals surface area (Å²) in [5.74, 6) is -1.13. The summed E-state index contributed by atoms with van der Waals surface area (Å²) in [6.45, 7) is 3.76. The number of carbonyl (C=O) groups is 2. The Bertz CT molecular complexity index is 449.